The van der Waals surface area contributed by atoms with Crippen LogP contribution in [-0.2, 0) is 13.1 Å². The lowest BCUT2D eigenvalue weighted by Crippen LogP contribution is -2.45. The highest BCUT2D eigenvalue weighted by Crippen LogP contribution is 2.16. The van der Waals surface area contributed by atoms with E-state index in [1.54, 1.807) is 0 Å². The fraction of sp³-hybridized carbons (Fsp3) is 0.400. The Kier molecular flexibility index (Phi) is 5.22. The van der Waals surface area contributed by atoms with E-state index in [4.69, 9.17) is 4.52 Å². The van der Waals surface area contributed by atoms with Crippen molar-refractivity contribution in [3.8, 4) is 11.4 Å². The van der Waals surface area contributed by atoms with Crippen LogP contribution >= 0.6 is 0 Å². The molecule has 0 radical (unpaired) electrons. The quantitative estimate of drug-likeness (QED) is 0.689. The van der Waals surface area contributed by atoms with E-state index in [1.807, 2.05) is 31.5 Å². The minimum Gasteiger partial charge on any atom is -0.340 e. The average Bonchev–Trinajstić information content (AvgIpc) is 3.09. The maximum atomic E-state index is 5.04. The molecule has 1 saturated heterocycles. The molecule has 0 N–H and O–H groups in total. The largest absolute Gasteiger partial charge is 0.340 e. The molecular weight excluding hydrogens is 340 g/mol. The number of benzene rings is 1. The summed E-state index contributed by atoms with van der Waals surface area (Å²) in [6, 6.07) is 8.28. The smallest absolute Gasteiger partial charge is 0.223 e. The Hall–Kier alpha value is -2.64. The summed E-state index contributed by atoms with van der Waals surface area (Å²) in [6.07, 6.45) is 3.89. The second kappa shape index (κ2) is 7.94. The highest BCUT2D eigenvalue weighted by atomic mass is 16.5. The lowest BCUT2D eigenvalue weighted by Gasteiger charge is -2.33. The summed E-state index contributed by atoms with van der Waals surface area (Å²) in [5, 5.41) is 3.98. The number of hydrogen-bond acceptors (Lipinski definition) is 7. The van der Waals surface area contributed by atoms with Crippen LogP contribution in [0.25, 0.3) is 11.4 Å². The van der Waals surface area contributed by atoms with Crippen LogP contribution in [0.1, 0.15) is 22.8 Å². The summed E-state index contributed by atoms with van der Waals surface area (Å²) in [7, 11) is 0. The number of nitrogens with zero attached hydrogens (tertiary/aromatic N) is 6. The van der Waals surface area contributed by atoms with Crippen molar-refractivity contribution in [2.24, 2.45) is 0 Å². The maximum Gasteiger partial charge on any atom is 0.223 e. The lowest BCUT2D eigenvalue weighted by atomic mass is 10.1. The molecule has 1 aliphatic heterocycles. The van der Waals surface area contributed by atoms with Crippen LogP contribution in [0.5, 0.6) is 0 Å². The van der Waals surface area contributed by atoms with Crippen LogP contribution in [0.3, 0.4) is 0 Å². The Morgan fingerprint density at radius 3 is 2.30 bits per heavy atom. The average molecular weight is 364 g/mol. The Morgan fingerprint density at radius 2 is 1.67 bits per heavy atom. The molecule has 0 atom stereocenters. The van der Waals surface area contributed by atoms with Crippen LogP contribution in [0.2, 0.25) is 0 Å². The van der Waals surface area contributed by atoms with Gasteiger partial charge in [-0.2, -0.15) is 4.98 Å². The third-order valence-electron chi connectivity index (χ3n) is 4.79. The summed E-state index contributed by atoms with van der Waals surface area (Å²) in [5.74, 6) is 2.17. The molecule has 1 fully saturated rings. The first-order chi connectivity index (χ1) is 13.2. The summed E-state index contributed by atoms with van der Waals surface area (Å²) < 4.78 is 5.04. The van der Waals surface area contributed by atoms with Gasteiger partial charge < -0.3 is 4.52 Å². The molecule has 0 unspecified atom stereocenters. The minimum absolute atomic E-state index is 0.623. The van der Waals surface area contributed by atoms with Crippen molar-refractivity contribution in [2.45, 2.75) is 26.9 Å². The van der Waals surface area contributed by atoms with Crippen LogP contribution in [0.4, 0.5) is 0 Å². The van der Waals surface area contributed by atoms with Crippen LogP contribution < -0.4 is 0 Å². The van der Waals surface area contributed by atoms with Gasteiger partial charge in [-0.25, -0.2) is 9.97 Å². The molecule has 4 rings (SSSR count). The van der Waals surface area contributed by atoms with E-state index in [2.05, 4.69) is 49.0 Å². The van der Waals surface area contributed by atoms with Crippen molar-refractivity contribution < 1.29 is 4.52 Å². The van der Waals surface area contributed by atoms with E-state index >= 15 is 0 Å². The topological polar surface area (TPSA) is 71.2 Å². The molecule has 1 aromatic carbocycles. The first kappa shape index (κ1) is 17.8. The number of aryl methyl sites for hydroxylation is 2. The van der Waals surface area contributed by atoms with Crippen LogP contribution in [0.15, 0.2) is 41.2 Å². The normalized spacial score (nSPS) is 15.9. The molecule has 27 heavy (non-hydrogen) atoms. The van der Waals surface area contributed by atoms with Gasteiger partial charge in [0.25, 0.3) is 0 Å². The van der Waals surface area contributed by atoms with Gasteiger partial charge in [-0.15, -0.1) is 0 Å². The van der Waals surface area contributed by atoms with Gasteiger partial charge in [0.1, 0.15) is 0 Å². The predicted molar refractivity (Wildman–Crippen MR) is 102 cm³/mol. The van der Waals surface area contributed by atoms with Crippen LogP contribution in [0, 0.1) is 13.8 Å². The first-order valence-electron chi connectivity index (χ1n) is 9.27. The van der Waals surface area contributed by atoms with E-state index in [9.17, 15) is 0 Å². The first-order valence-corrected chi connectivity index (χ1v) is 9.27. The van der Waals surface area contributed by atoms with Crippen molar-refractivity contribution >= 4 is 0 Å². The maximum absolute atomic E-state index is 5.04. The Labute approximate surface area is 159 Å². The number of piperazine rings is 1. The van der Waals surface area contributed by atoms with Gasteiger partial charge in [-0.05, 0) is 13.0 Å². The van der Waals surface area contributed by atoms with Crippen molar-refractivity contribution in [2.75, 3.05) is 26.2 Å². The van der Waals surface area contributed by atoms with Crippen molar-refractivity contribution in [3.63, 3.8) is 0 Å². The molecule has 140 valence electrons. The summed E-state index contributed by atoms with van der Waals surface area (Å²) in [5.41, 5.74) is 3.43. The van der Waals surface area contributed by atoms with Crippen molar-refractivity contribution in [3.05, 3.63) is 59.5 Å². The predicted octanol–water partition coefficient (Wildman–Crippen LogP) is 2.46. The van der Waals surface area contributed by atoms with Gasteiger partial charge in [0.15, 0.2) is 11.6 Å². The van der Waals surface area contributed by atoms with Crippen LogP contribution in [-0.4, -0.2) is 56.1 Å². The van der Waals surface area contributed by atoms with E-state index in [1.165, 1.54) is 5.56 Å². The van der Waals surface area contributed by atoms with Gasteiger partial charge in [-0.1, -0.05) is 28.9 Å². The molecule has 0 spiro atoms. The number of aromatic nitrogens is 4. The monoisotopic (exact) mass is 364 g/mol. The van der Waals surface area contributed by atoms with Gasteiger partial charge >= 0.3 is 0 Å². The minimum atomic E-state index is 0.623. The Bertz CT molecular complexity index is 883. The highest BCUT2D eigenvalue weighted by molar-refractivity contribution is 5.55. The lowest BCUT2D eigenvalue weighted by molar-refractivity contribution is 0.119. The SMILES string of the molecule is Cc1cccc(-c2ncc(CN3CCN(Cc4noc(C)n4)CC3)cn2)c1. The zero-order valence-electron chi connectivity index (χ0n) is 15.8. The zero-order chi connectivity index (χ0) is 18.6. The Balaban J connectivity index is 1.30. The van der Waals surface area contributed by atoms with E-state index < -0.39 is 0 Å². The summed E-state index contributed by atoms with van der Waals surface area (Å²) >= 11 is 0. The molecule has 3 aromatic rings. The molecule has 2 aromatic heterocycles. The molecule has 7 nitrogen and oxygen atoms in total. The summed E-state index contributed by atoms with van der Waals surface area (Å²) in [4.78, 5) is 18.2. The molecule has 0 amide bonds. The molecular formula is C20H24N6O. The molecule has 3 heterocycles. The van der Waals surface area contributed by atoms with Gasteiger partial charge in [0.2, 0.25) is 5.89 Å². The van der Waals surface area contributed by atoms with Crippen molar-refractivity contribution in [1.82, 2.24) is 29.9 Å². The fourth-order valence-electron chi connectivity index (χ4n) is 3.34. The highest BCUT2D eigenvalue weighted by Gasteiger charge is 2.19. The standard InChI is InChI=1S/C20H24N6O/c1-15-4-3-5-18(10-15)20-21-11-17(12-22-20)13-25-6-8-26(9-7-25)14-19-23-16(2)27-24-19/h3-5,10-12H,6-9,13-14H2,1-2H3. The third-order valence-corrected chi connectivity index (χ3v) is 4.79. The second-order valence-electron chi connectivity index (χ2n) is 7.07. The molecule has 1 aliphatic rings. The zero-order valence-corrected chi connectivity index (χ0v) is 15.8. The molecule has 0 aliphatic carbocycles. The summed E-state index contributed by atoms with van der Waals surface area (Å²) in [6.45, 7) is 9.54. The van der Waals surface area contributed by atoms with E-state index in [-0.39, 0.29) is 0 Å². The number of hydrogen-bond donors (Lipinski definition) is 0. The Morgan fingerprint density at radius 1 is 0.963 bits per heavy atom. The van der Waals surface area contributed by atoms with Gasteiger partial charge in [0.05, 0.1) is 6.54 Å². The molecule has 7 heteroatoms. The number of rotatable bonds is 5. The molecule has 0 bridgehead atoms. The molecule has 0 saturated carbocycles. The van der Waals surface area contributed by atoms with E-state index in [0.29, 0.717) is 5.89 Å². The third kappa shape index (κ3) is 4.56. The van der Waals surface area contributed by atoms with Crippen molar-refractivity contribution in [1.29, 1.82) is 0 Å². The van der Waals surface area contributed by atoms with Gasteiger partial charge in [-0.3, -0.25) is 9.80 Å². The second-order valence-corrected chi connectivity index (χ2v) is 7.07. The fourth-order valence-corrected chi connectivity index (χ4v) is 3.34. The van der Waals surface area contributed by atoms with E-state index in [0.717, 1.165) is 62.0 Å². The van der Waals surface area contributed by atoms with Gasteiger partial charge in [0, 0.05) is 63.2 Å².